The number of aliphatic hydroxyl groups excluding tert-OH is 1. The number of aromatic nitrogens is 1. The van der Waals surface area contributed by atoms with Gasteiger partial charge in [0.25, 0.3) is 5.91 Å². The Hall–Kier alpha value is -2.02. The molecule has 0 spiro atoms. The average Bonchev–Trinajstić information content (AvgIpc) is 2.66. The molecule has 1 saturated heterocycles. The Morgan fingerprint density at radius 3 is 2.80 bits per heavy atom. The Balaban J connectivity index is 1.60. The Morgan fingerprint density at radius 1 is 1.24 bits per heavy atom. The molecule has 1 aromatic heterocycles. The summed E-state index contributed by atoms with van der Waals surface area (Å²) < 4.78 is 5.25. The predicted octanol–water partition coefficient (Wildman–Crippen LogP) is 1.39. The minimum Gasteiger partial charge on any atom is -0.389 e. The van der Waals surface area contributed by atoms with E-state index >= 15 is 0 Å². The second-order valence-corrected chi connectivity index (χ2v) is 6.28. The van der Waals surface area contributed by atoms with Crippen LogP contribution in [0.2, 0.25) is 0 Å². The Bertz CT molecular complexity index is 709. The van der Waals surface area contributed by atoms with Gasteiger partial charge in [0.15, 0.2) is 0 Å². The van der Waals surface area contributed by atoms with Gasteiger partial charge in [-0.1, -0.05) is 12.1 Å². The molecule has 3 rings (SSSR count). The number of carbonyl (C=O) groups excluding carboxylic acids is 1. The fourth-order valence-electron chi connectivity index (χ4n) is 3.20. The maximum atomic E-state index is 12.9. The number of rotatable bonds is 6. The minimum absolute atomic E-state index is 0.0492. The van der Waals surface area contributed by atoms with E-state index in [2.05, 4.69) is 9.88 Å². The van der Waals surface area contributed by atoms with Crippen molar-refractivity contribution in [3.63, 3.8) is 0 Å². The van der Waals surface area contributed by atoms with Crippen molar-refractivity contribution >= 4 is 16.8 Å². The molecule has 0 radical (unpaired) electrons. The van der Waals surface area contributed by atoms with Gasteiger partial charge in [0.05, 0.1) is 18.2 Å². The summed E-state index contributed by atoms with van der Waals surface area (Å²) in [6.45, 7) is 6.32. The molecule has 0 aliphatic carbocycles. The molecule has 1 aliphatic heterocycles. The number of amides is 1. The van der Waals surface area contributed by atoms with Crippen LogP contribution in [0.3, 0.4) is 0 Å². The van der Waals surface area contributed by atoms with E-state index in [-0.39, 0.29) is 5.91 Å². The van der Waals surface area contributed by atoms with Crippen molar-refractivity contribution in [1.29, 1.82) is 0 Å². The number of β-amino-alcohol motifs (C(OH)–C–C–N with tert-alkyl or cyclic N) is 1. The van der Waals surface area contributed by atoms with Gasteiger partial charge in [-0.15, -0.1) is 0 Å². The number of aliphatic hydroxyl groups is 1. The molecule has 0 bridgehead atoms. The van der Waals surface area contributed by atoms with E-state index in [9.17, 15) is 9.90 Å². The van der Waals surface area contributed by atoms with Crippen molar-refractivity contribution in [3.05, 3.63) is 42.1 Å². The highest BCUT2D eigenvalue weighted by atomic mass is 16.5. The fourth-order valence-corrected chi connectivity index (χ4v) is 3.20. The van der Waals surface area contributed by atoms with Gasteiger partial charge in [0, 0.05) is 56.5 Å². The number of carbonyl (C=O) groups is 1. The maximum absolute atomic E-state index is 12.9. The molecule has 0 unspecified atom stereocenters. The number of hydrogen-bond acceptors (Lipinski definition) is 5. The number of ether oxygens (including phenoxy) is 1. The number of hydrogen-bond donors (Lipinski definition) is 1. The first-order chi connectivity index (χ1) is 12.2. The Labute approximate surface area is 148 Å². The van der Waals surface area contributed by atoms with Gasteiger partial charge in [-0.25, -0.2) is 0 Å². The highest BCUT2D eigenvalue weighted by Crippen LogP contribution is 2.19. The molecule has 1 amide bonds. The van der Waals surface area contributed by atoms with Crippen molar-refractivity contribution in [2.75, 3.05) is 45.9 Å². The summed E-state index contributed by atoms with van der Waals surface area (Å²) in [4.78, 5) is 21.3. The lowest BCUT2D eigenvalue weighted by molar-refractivity contribution is 0.0111. The van der Waals surface area contributed by atoms with Crippen LogP contribution in [0, 0.1) is 0 Å². The monoisotopic (exact) mass is 343 g/mol. The first-order valence-corrected chi connectivity index (χ1v) is 8.80. The van der Waals surface area contributed by atoms with Crippen LogP contribution in [0.15, 0.2) is 36.5 Å². The molecule has 0 saturated carbocycles. The van der Waals surface area contributed by atoms with Gasteiger partial charge >= 0.3 is 0 Å². The SMILES string of the molecule is CCOC[C@H](O)CN1CCN(C(=O)c2cccc3ncccc23)CC1. The number of nitrogens with zero attached hydrogens (tertiary/aromatic N) is 3. The van der Waals surface area contributed by atoms with Gasteiger partial charge < -0.3 is 14.7 Å². The van der Waals surface area contributed by atoms with Crippen LogP contribution in [-0.2, 0) is 4.74 Å². The van der Waals surface area contributed by atoms with Crippen LogP contribution in [0.1, 0.15) is 17.3 Å². The molecule has 1 aromatic carbocycles. The van der Waals surface area contributed by atoms with E-state index in [0.717, 1.165) is 24.0 Å². The summed E-state index contributed by atoms with van der Waals surface area (Å²) in [5, 5.41) is 10.8. The number of benzene rings is 1. The van der Waals surface area contributed by atoms with Crippen LogP contribution in [0.25, 0.3) is 10.9 Å². The molecule has 6 heteroatoms. The molecule has 2 heterocycles. The molecule has 2 aromatic rings. The summed E-state index contributed by atoms with van der Waals surface area (Å²) in [6, 6.07) is 9.46. The van der Waals surface area contributed by atoms with Gasteiger partial charge in [-0.05, 0) is 25.1 Å². The van der Waals surface area contributed by atoms with Crippen molar-refractivity contribution in [3.8, 4) is 0 Å². The largest absolute Gasteiger partial charge is 0.389 e. The van der Waals surface area contributed by atoms with Crippen LogP contribution >= 0.6 is 0 Å². The second-order valence-electron chi connectivity index (χ2n) is 6.28. The number of pyridine rings is 1. The molecule has 134 valence electrons. The first kappa shape index (κ1) is 17.8. The van der Waals surface area contributed by atoms with Crippen molar-refractivity contribution in [2.45, 2.75) is 13.0 Å². The van der Waals surface area contributed by atoms with Crippen molar-refractivity contribution in [2.24, 2.45) is 0 Å². The Kier molecular flexibility index (Phi) is 5.96. The molecular weight excluding hydrogens is 318 g/mol. The summed E-state index contributed by atoms with van der Waals surface area (Å²) in [5.41, 5.74) is 1.54. The van der Waals surface area contributed by atoms with Gasteiger partial charge in [-0.2, -0.15) is 0 Å². The van der Waals surface area contributed by atoms with Gasteiger partial charge in [0.1, 0.15) is 0 Å². The van der Waals surface area contributed by atoms with Crippen molar-refractivity contribution < 1.29 is 14.6 Å². The quantitative estimate of drug-likeness (QED) is 0.859. The summed E-state index contributed by atoms with van der Waals surface area (Å²) in [6.07, 6.45) is 1.26. The highest BCUT2D eigenvalue weighted by molar-refractivity contribution is 6.06. The van der Waals surface area contributed by atoms with Crippen molar-refractivity contribution in [1.82, 2.24) is 14.8 Å². The van der Waals surface area contributed by atoms with E-state index in [1.807, 2.05) is 42.2 Å². The first-order valence-electron chi connectivity index (χ1n) is 8.80. The van der Waals surface area contributed by atoms with Crippen LogP contribution < -0.4 is 0 Å². The van der Waals surface area contributed by atoms with Gasteiger partial charge in [-0.3, -0.25) is 14.7 Å². The predicted molar refractivity (Wildman–Crippen MR) is 96.6 cm³/mol. The second kappa shape index (κ2) is 8.38. The third kappa shape index (κ3) is 4.34. The molecule has 6 nitrogen and oxygen atoms in total. The standard InChI is InChI=1S/C19H25N3O3/c1-2-25-14-15(23)13-21-9-11-22(12-10-21)19(24)17-5-3-7-18-16(17)6-4-8-20-18/h3-8,15,23H,2,9-14H2,1H3/t15-/m1/s1. The lowest BCUT2D eigenvalue weighted by Gasteiger charge is -2.35. The fraction of sp³-hybridized carbons (Fsp3) is 0.474. The molecule has 1 N–H and O–H groups in total. The minimum atomic E-state index is -0.480. The smallest absolute Gasteiger partial charge is 0.254 e. The summed E-state index contributed by atoms with van der Waals surface area (Å²) in [5.74, 6) is 0.0492. The van der Waals surface area contributed by atoms with Crippen LogP contribution in [-0.4, -0.2) is 77.8 Å². The van der Waals surface area contributed by atoms with E-state index < -0.39 is 6.10 Å². The molecule has 1 aliphatic rings. The zero-order valence-electron chi connectivity index (χ0n) is 14.6. The topological polar surface area (TPSA) is 65.9 Å². The Morgan fingerprint density at radius 2 is 2.04 bits per heavy atom. The maximum Gasteiger partial charge on any atom is 0.254 e. The molecule has 1 fully saturated rings. The van der Waals surface area contributed by atoms with E-state index in [1.54, 1.807) is 6.20 Å². The zero-order chi connectivity index (χ0) is 17.6. The third-order valence-corrected chi connectivity index (χ3v) is 4.52. The normalized spacial score (nSPS) is 17.0. The van der Waals surface area contributed by atoms with Crippen LogP contribution in [0.5, 0.6) is 0 Å². The molecular formula is C19H25N3O3. The third-order valence-electron chi connectivity index (χ3n) is 4.52. The summed E-state index contributed by atoms with van der Waals surface area (Å²) >= 11 is 0. The molecule has 1 atom stereocenters. The average molecular weight is 343 g/mol. The summed E-state index contributed by atoms with van der Waals surface area (Å²) in [7, 11) is 0. The zero-order valence-corrected chi connectivity index (χ0v) is 14.6. The lowest BCUT2D eigenvalue weighted by atomic mass is 10.1. The van der Waals surface area contributed by atoms with E-state index in [0.29, 0.717) is 38.4 Å². The highest BCUT2D eigenvalue weighted by Gasteiger charge is 2.24. The lowest BCUT2D eigenvalue weighted by Crippen LogP contribution is -2.50. The van der Waals surface area contributed by atoms with E-state index in [1.165, 1.54) is 0 Å². The number of fused-ring (bicyclic) bond motifs is 1. The van der Waals surface area contributed by atoms with E-state index in [4.69, 9.17) is 4.74 Å². The van der Waals surface area contributed by atoms with Crippen LogP contribution in [0.4, 0.5) is 0 Å². The van der Waals surface area contributed by atoms with Gasteiger partial charge in [0.2, 0.25) is 0 Å². The molecule has 25 heavy (non-hydrogen) atoms. The number of piperazine rings is 1.